The van der Waals surface area contributed by atoms with Crippen molar-refractivity contribution in [2.24, 2.45) is 5.92 Å². The Hall–Kier alpha value is -2.07. The Balaban J connectivity index is 1.39. The van der Waals surface area contributed by atoms with Crippen molar-refractivity contribution >= 4 is 0 Å². The van der Waals surface area contributed by atoms with Crippen LogP contribution < -0.4 is 9.47 Å². The lowest BCUT2D eigenvalue weighted by atomic mass is 9.98. The first-order valence-electron chi connectivity index (χ1n) is 8.83. The van der Waals surface area contributed by atoms with Crippen LogP contribution in [0.1, 0.15) is 37.0 Å². The van der Waals surface area contributed by atoms with E-state index in [-0.39, 0.29) is 6.10 Å². The maximum absolute atomic E-state index is 5.97. The molecule has 0 bridgehead atoms. The van der Waals surface area contributed by atoms with E-state index in [2.05, 4.69) is 41.1 Å². The van der Waals surface area contributed by atoms with Gasteiger partial charge in [0.05, 0.1) is 0 Å². The SMILES string of the molecule is CC1CCN(Cc2ccc(C3COc4cccnc4O3)cc2)CC1. The molecule has 126 valence electrons. The van der Waals surface area contributed by atoms with Gasteiger partial charge in [0.1, 0.15) is 6.61 Å². The van der Waals surface area contributed by atoms with Gasteiger partial charge in [0.25, 0.3) is 5.88 Å². The standard InChI is InChI=1S/C20H24N2O2/c1-15-8-11-22(12-9-15)13-16-4-6-17(7-5-16)19-14-23-18-3-2-10-21-20(18)24-19/h2-7,10,15,19H,8-9,11-14H2,1H3. The van der Waals surface area contributed by atoms with Gasteiger partial charge in [-0.05, 0) is 55.1 Å². The van der Waals surface area contributed by atoms with E-state index in [1.807, 2.05) is 12.1 Å². The zero-order valence-electron chi connectivity index (χ0n) is 14.1. The maximum atomic E-state index is 5.97. The molecular formula is C20H24N2O2. The Morgan fingerprint density at radius 1 is 1.12 bits per heavy atom. The average molecular weight is 324 g/mol. The first-order valence-corrected chi connectivity index (χ1v) is 8.83. The van der Waals surface area contributed by atoms with Gasteiger partial charge in [0, 0.05) is 12.7 Å². The minimum absolute atomic E-state index is 0.0858. The minimum atomic E-state index is -0.0858. The van der Waals surface area contributed by atoms with E-state index < -0.39 is 0 Å². The highest BCUT2D eigenvalue weighted by Gasteiger charge is 2.23. The second-order valence-corrected chi connectivity index (χ2v) is 6.92. The van der Waals surface area contributed by atoms with Crippen LogP contribution in [-0.2, 0) is 6.54 Å². The summed E-state index contributed by atoms with van der Waals surface area (Å²) in [6, 6.07) is 12.5. The van der Waals surface area contributed by atoms with E-state index in [0.29, 0.717) is 12.5 Å². The van der Waals surface area contributed by atoms with Gasteiger partial charge in [0.2, 0.25) is 0 Å². The number of hydrogen-bond donors (Lipinski definition) is 0. The molecule has 0 spiro atoms. The van der Waals surface area contributed by atoms with E-state index in [1.165, 1.54) is 31.5 Å². The van der Waals surface area contributed by atoms with E-state index in [4.69, 9.17) is 9.47 Å². The number of benzene rings is 1. The Morgan fingerprint density at radius 2 is 1.92 bits per heavy atom. The largest absolute Gasteiger partial charge is 0.484 e. The predicted octanol–water partition coefficient (Wildman–Crippen LogP) is 3.83. The lowest BCUT2D eigenvalue weighted by molar-refractivity contribution is 0.0850. The van der Waals surface area contributed by atoms with Crippen molar-refractivity contribution in [3.8, 4) is 11.6 Å². The highest BCUT2D eigenvalue weighted by atomic mass is 16.6. The highest BCUT2D eigenvalue weighted by Crippen LogP contribution is 2.34. The van der Waals surface area contributed by atoms with Gasteiger partial charge in [-0.25, -0.2) is 4.98 Å². The van der Waals surface area contributed by atoms with Crippen LogP contribution in [0.2, 0.25) is 0 Å². The number of likely N-dealkylation sites (tertiary alicyclic amines) is 1. The summed E-state index contributed by atoms with van der Waals surface area (Å²) in [5.74, 6) is 2.19. The number of piperidine rings is 1. The number of nitrogens with zero attached hydrogens (tertiary/aromatic N) is 2. The van der Waals surface area contributed by atoms with Gasteiger partial charge in [-0.2, -0.15) is 0 Å². The topological polar surface area (TPSA) is 34.6 Å². The molecule has 0 radical (unpaired) electrons. The van der Waals surface area contributed by atoms with Crippen molar-refractivity contribution in [2.45, 2.75) is 32.4 Å². The molecular weight excluding hydrogens is 300 g/mol. The van der Waals surface area contributed by atoms with E-state index in [1.54, 1.807) is 6.20 Å². The Bertz CT molecular complexity index is 678. The van der Waals surface area contributed by atoms with E-state index >= 15 is 0 Å². The van der Waals surface area contributed by atoms with Gasteiger partial charge < -0.3 is 9.47 Å². The summed E-state index contributed by atoms with van der Waals surface area (Å²) in [5.41, 5.74) is 2.51. The minimum Gasteiger partial charge on any atom is -0.484 e. The number of fused-ring (bicyclic) bond motifs is 1. The number of aromatic nitrogens is 1. The van der Waals surface area contributed by atoms with E-state index in [9.17, 15) is 0 Å². The third-order valence-electron chi connectivity index (χ3n) is 5.01. The van der Waals surface area contributed by atoms with Crippen molar-refractivity contribution in [2.75, 3.05) is 19.7 Å². The molecule has 24 heavy (non-hydrogen) atoms. The fourth-order valence-electron chi connectivity index (χ4n) is 3.39. The molecule has 2 aromatic rings. The van der Waals surface area contributed by atoms with Gasteiger partial charge in [-0.1, -0.05) is 31.2 Å². The monoisotopic (exact) mass is 324 g/mol. The van der Waals surface area contributed by atoms with Gasteiger partial charge in [0.15, 0.2) is 11.9 Å². The van der Waals surface area contributed by atoms with Crippen LogP contribution in [0.4, 0.5) is 0 Å². The fourth-order valence-corrected chi connectivity index (χ4v) is 3.39. The summed E-state index contributed by atoms with van der Waals surface area (Å²) in [7, 11) is 0. The molecule has 0 saturated carbocycles. The molecule has 1 saturated heterocycles. The molecule has 1 aromatic heterocycles. The third kappa shape index (κ3) is 3.39. The van der Waals surface area contributed by atoms with Gasteiger partial charge in [-0.3, -0.25) is 4.90 Å². The molecule has 1 fully saturated rings. The first kappa shape index (κ1) is 15.5. The summed E-state index contributed by atoms with van der Waals surface area (Å²) in [5, 5.41) is 0. The summed E-state index contributed by atoms with van der Waals surface area (Å²) >= 11 is 0. The molecule has 0 aliphatic carbocycles. The molecule has 1 unspecified atom stereocenters. The van der Waals surface area contributed by atoms with Crippen LogP contribution in [0.5, 0.6) is 11.6 Å². The quantitative estimate of drug-likeness (QED) is 0.859. The van der Waals surface area contributed by atoms with Crippen LogP contribution in [0.15, 0.2) is 42.6 Å². The van der Waals surface area contributed by atoms with Crippen LogP contribution >= 0.6 is 0 Å². The smallest absolute Gasteiger partial charge is 0.257 e. The number of hydrogen-bond acceptors (Lipinski definition) is 4. The molecule has 1 atom stereocenters. The zero-order chi connectivity index (χ0) is 16.4. The molecule has 3 heterocycles. The molecule has 0 N–H and O–H groups in total. The molecule has 4 rings (SSSR count). The molecule has 1 aromatic carbocycles. The second-order valence-electron chi connectivity index (χ2n) is 6.92. The number of pyridine rings is 1. The molecule has 4 nitrogen and oxygen atoms in total. The van der Waals surface area contributed by atoms with Crippen LogP contribution in [0.3, 0.4) is 0 Å². The highest BCUT2D eigenvalue weighted by molar-refractivity contribution is 5.35. The van der Waals surface area contributed by atoms with Crippen molar-refractivity contribution in [3.05, 3.63) is 53.7 Å². The summed E-state index contributed by atoms with van der Waals surface area (Å²) in [6.07, 6.45) is 4.28. The Kier molecular flexibility index (Phi) is 4.39. The molecule has 2 aliphatic heterocycles. The molecule has 2 aliphatic rings. The molecule has 0 amide bonds. The van der Waals surface area contributed by atoms with Gasteiger partial charge in [-0.15, -0.1) is 0 Å². The van der Waals surface area contributed by atoms with Crippen LogP contribution in [0.25, 0.3) is 0 Å². The fraction of sp³-hybridized carbons (Fsp3) is 0.450. The second kappa shape index (κ2) is 6.81. The summed E-state index contributed by atoms with van der Waals surface area (Å²) < 4.78 is 11.7. The number of ether oxygens (including phenoxy) is 2. The first-order chi connectivity index (χ1) is 11.8. The van der Waals surface area contributed by atoms with Gasteiger partial charge >= 0.3 is 0 Å². The lowest BCUT2D eigenvalue weighted by Crippen LogP contribution is -2.32. The van der Waals surface area contributed by atoms with Crippen LogP contribution in [-0.4, -0.2) is 29.6 Å². The Morgan fingerprint density at radius 3 is 2.71 bits per heavy atom. The predicted molar refractivity (Wildman–Crippen MR) is 93.2 cm³/mol. The number of rotatable bonds is 3. The average Bonchev–Trinajstić information content (AvgIpc) is 2.64. The summed E-state index contributed by atoms with van der Waals surface area (Å²) in [6.45, 7) is 6.35. The zero-order valence-corrected chi connectivity index (χ0v) is 14.1. The van der Waals surface area contributed by atoms with Crippen LogP contribution in [0, 0.1) is 5.92 Å². The normalized spacial score (nSPS) is 21.6. The Labute approximate surface area is 143 Å². The van der Waals surface area contributed by atoms with Crippen molar-refractivity contribution < 1.29 is 9.47 Å². The third-order valence-corrected chi connectivity index (χ3v) is 5.01. The van der Waals surface area contributed by atoms with Crippen molar-refractivity contribution in [3.63, 3.8) is 0 Å². The van der Waals surface area contributed by atoms with Crippen molar-refractivity contribution in [1.82, 2.24) is 9.88 Å². The maximum Gasteiger partial charge on any atom is 0.257 e. The lowest BCUT2D eigenvalue weighted by Gasteiger charge is -2.30. The van der Waals surface area contributed by atoms with E-state index in [0.717, 1.165) is 23.8 Å². The molecule has 4 heteroatoms. The van der Waals surface area contributed by atoms with Crippen molar-refractivity contribution in [1.29, 1.82) is 0 Å². The summed E-state index contributed by atoms with van der Waals surface area (Å²) in [4.78, 5) is 6.79.